The molecule has 8 heteroatoms. The van der Waals surface area contributed by atoms with Gasteiger partial charge in [0, 0.05) is 24.5 Å². The smallest absolute Gasteiger partial charge is 0.243 e. The zero-order valence-electron chi connectivity index (χ0n) is 15.8. The summed E-state index contributed by atoms with van der Waals surface area (Å²) in [6.07, 6.45) is 0. The molecule has 0 saturated carbocycles. The Kier molecular flexibility index (Phi) is 7.12. The monoisotopic (exact) mass is 420 g/mol. The molecule has 1 saturated heterocycles. The number of ether oxygens (including phenoxy) is 1. The van der Waals surface area contributed by atoms with Gasteiger partial charge in [0.2, 0.25) is 15.9 Å². The Balaban J connectivity index is 1.63. The van der Waals surface area contributed by atoms with E-state index in [0.29, 0.717) is 43.3 Å². The summed E-state index contributed by atoms with van der Waals surface area (Å²) < 4.78 is 32.5. The molecule has 0 atom stereocenters. The summed E-state index contributed by atoms with van der Waals surface area (Å²) in [5.74, 6) is 0.896. The lowest BCUT2D eigenvalue weighted by atomic mass is 10.2. The number of nitrogens with zero attached hydrogens (tertiary/aromatic N) is 1. The van der Waals surface area contributed by atoms with Crippen molar-refractivity contribution in [3.8, 4) is 0 Å². The van der Waals surface area contributed by atoms with Crippen molar-refractivity contribution in [2.24, 2.45) is 0 Å². The molecule has 1 aliphatic heterocycles. The minimum absolute atomic E-state index is 0.153. The zero-order chi connectivity index (χ0) is 20.0. The molecule has 0 spiro atoms. The van der Waals surface area contributed by atoms with Crippen LogP contribution in [0.3, 0.4) is 0 Å². The molecule has 2 aromatic carbocycles. The van der Waals surface area contributed by atoms with Gasteiger partial charge in [0.15, 0.2) is 0 Å². The predicted octanol–water partition coefficient (Wildman–Crippen LogP) is 2.89. The first-order chi connectivity index (χ1) is 13.5. The number of carbonyl (C=O) groups excluding carboxylic acids is 1. The summed E-state index contributed by atoms with van der Waals surface area (Å²) in [5, 5.41) is 2.80. The highest BCUT2D eigenvalue weighted by Crippen LogP contribution is 2.24. The quantitative estimate of drug-likeness (QED) is 0.745. The van der Waals surface area contributed by atoms with Crippen LogP contribution in [0.15, 0.2) is 53.4 Å². The van der Waals surface area contributed by atoms with E-state index in [1.54, 1.807) is 25.1 Å². The Morgan fingerprint density at radius 1 is 1.14 bits per heavy atom. The molecule has 0 aliphatic carbocycles. The van der Waals surface area contributed by atoms with Crippen LogP contribution in [-0.4, -0.2) is 50.7 Å². The number of rotatable bonds is 7. The van der Waals surface area contributed by atoms with E-state index in [-0.39, 0.29) is 10.8 Å². The molecule has 2 aromatic rings. The second-order valence-corrected chi connectivity index (χ2v) is 9.42. The first-order valence-corrected chi connectivity index (χ1v) is 11.7. The van der Waals surface area contributed by atoms with Gasteiger partial charge in [-0.15, -0.1) is 11.8 Å². The van der Waals surface area contributed by atoms with E-state index in [0.717, 1.165) is 11.3 Å². The molecule has 1 fully saturated rings. The molecule has 150 valence electrons. The van der Waals surface area contributed by atoms with Crippen molar-refractivity contribution < 1.29 is 17.9 Å². The number of hydrogen-bond acceptors (Lipinski definition) is 5. The third kappa shape index (κ3) is 5.35. The van der Waals surface area contributed by atoms with Crippen LogP contribution in [-0.2, 0) is 25.3 Å². The van der Waals surface area contributed by atoms with Crippen LogP contribution in [0.5, 0.6) is 0 Å². The molecular formula is C20H24N2O4S2. The van der Waals surface area contributed by atoms with Gasteiger partial charge in [-0.1, -0.05) is 36.4 Å². The molecule has 1 amide bonds. The topological polar surface area (TPSA) is 75.7 Å². The van der Waals surface area contributed by atoms with Gasteiger partial charge in [-0.05, 0) is 30.2 Å². The van der Waals surface area contributed by atoms with Crippen LogP contribution < -0.4 is 5.32 Å². The van der Waals surface area contributed by atoms with Crippen LogP contribution in [0.2, 0.25) is 0 Å². The number of anilines is 1. The summed E-state index contributed by atoms with van der Waals surface area (Å²) >= 11 is 1.52. The average Bonchev–Trinajstić information content (AvgIpc) is 2.71. The van der Waals surface area contributed by atoms with Crippen LogP contribution >= 0.6 is 11.8 Å². The van der Waals surface area contributed by atoms with E-state index in [2.05, 4.69) is 5.32 Å². The Bertz CT molecular complexity index is 911. The highest BCUT2D eigenvalue weighted by molar-refractivity contribution is 7.99. The maximum atomic E-state index is 12.9. The summed E-state index contributed by atoms with van der Waals surface area (Å²) in [5.41, 5.74) is 2.31. The van der Waals surface area contributed by atoms with E-state index >= 15 is 0 Å². The minimum atomic E-state index is -3.61. The first-order valence-electron chi connectivity index (χ1n) is 9.07. The standard InChI is InChI=1S/C20H24N2O4S2/c1-16-7-8-18(13-19(16)28(24,25)22-9-11-26-12-10-22)21-20(23)15-27-14-17-5-3-2-4-6-17/h2-8,13H,9-12,14-15H2,1H3,(H,21,23). The lowest BCUT2D eigenvalue weighted by Crippen LogP contribution is -2.40. The molecule has 0 radical (unpaired) electrons. The van der Waals surface area contributed by atoms with E-state index in [1.807, 2.05) is 30.3 Å². The molecule has 1 aliphatic rings. The summed E-state index contributed by atoms with van der Waals surface area (Å²) in [6.45, 7) is 3.23. The fourth-order valence-electron chi connectivity index (χ4n) is 2.91. The highest BCUT2D eigenvalue weighted by atomic mass is 32.2. The number of hydrogen-bond donors (Lipinski definition) is 1. The lowest BCUT2D eigenvalue weighted by Gasteiger charge is -2.26. The highest BCUT2D eigenvalue weighted by Gasteiger charge is 2.28. The molecule has 0 aromatic heterocycles. The number of sulfonamides is 1. The van der Waals surface area contributed by atoms with E-state index in [9.17, 15) is 13.2 Å². The number of thioether (sulfide) groups is 1. The zero-order valence-corrected chi connectivity index (χ0v) is 17.4. The lowest BCUT2D eigenvalue weighted by molar-refractivity contribution is -0.113. The molecule has 1 heterocycles. The Labute approximate surface area is 170 Å². The number of morpholine rings is 1. The van der Waals surface area contributed by atoms with Gasteiger partial charge in [-0.25, -0.2) is 8.42 Å². The van der Waals surface area contributed by atoms with Crippen LogP contribution in [0.4, 0.5) is 5.69 Å². The number of carbonyl (C=O) groups is 1. The summed E-state index contributed by atoms with van der Waals surface area (Å²) in [7, 11) is -3.61. The Morgan fingerprint density at radius 3 is 2.57 bits per heavy atom. The van der Waals surface area contributed by atoms with Crippen molar-refractivity contribution in [2.75, 3.05) is 37.4 Å². The Morgan fingerprint density at radius 2 is 1.86 bits per heavy atom. The molecule has 3 rings (SSSR count). The Hall–Kier alpha value is -1.87. The van der Waals surface area contributed by atoms with Gasteiger partial charge < -0.3 is 10.1 Å². The largest absolute Gasteiger partial charge is 0.379 e. The maximum Gasteiger partial charge on any atom is 0.243 e. The van der Waals surface area contributed by atoms with E-state index < -0.39 is 10.0 Å². The van der Waals surface area contributed by atoms with E-state index in [4.69, 9.17) is 4.74 Å². The van der Waals surface area contributed by atoms with Crippen molar-refractivity contribution in [2.45, 2.75) is 17.6 Å². The van der Waals surface area contributed by atoms with Gasteiger partial charge in [0.05, 0.1) is 23.9 Å². The van der Waals surface area contributed by atoms with Gasteiger partial charge >= 0.3 is 0 Å². The average molecular weight is 421 g/mol. The molecule has 6 nitrogen and oxygen atoms in total. The predicted molar refractivity (Wildman–Crippen MR) is 112 cm³/mol. The molecule has 0 bridgehead atoms. The molecule has 28 heavy (non-hydrogen) atoms. The van der Waals surface area contributed by atoms with Crippen molar-refractivity contribution in [1.82, 2.24) is 4.31 Å². The second kappa shape index (κ2) is 9.56. The van der Waals surface area contributed by atoms with Crippen molar-refractivity contribution >= 4 is 33.4 Å². The normalized spacial score (nSPS) is 15.3. The van der Waals surface area contributed by atoms with Crippen LogP contribution in [0, 0.1) is 6.92 Å². The third-order valence-corrected chi connectivity index (χ3v) is 7.45. The first kappa shape index (κ1) is 20.9. The number of aryl methyl sites for hydroxylation is 1. The van der Waals surface area contributed by atoms with Gasteiger partial charge in [-0.3, -0.25) is 4.79 Å². The minimum Gasteiger partial charge on any atom is -0.379 e. The van der Waals surface area contributed by atoms with Crippen LogP contribution in [0.1, 0.15) is 11.1 Å². The van der Waals surface area contributed by atoms with Crippen molar-refractivity contribution in [3.63, 3.8) is 0 Å². The SMILES string of the molecule is Cc1ccc(NC(=O)CSCc2ccccc2)cc1S(=O)(=O)N1CCOCC1. The van der Waals surface area contributed by atoms with Gasteiger partial charge in [-0.2, -0.15) is 4.31 Å². The van der Waals surface area contributed by atoms with Gasteiger partial charge in [0.1, 0.15) is 0 Å². The molecule has 1 N–H and O–H groups in total. The summed E-state index contributed by atoms with van der Waals surface area (Å²) in [6, 6.07) is 14.9. The second-order valence-electron chi connectivity index (χ2n) is 6.52. The number of benzene rings is 2. The third-order valence-electron chi connectivity index (χ3n) is 4.40. The number of nitrogens with one attached hydrogen (secondary N) is 1. The number of amides is 1. The summed E-state index contributed by atoms with van der Waals surface area (Å²) in [4.78, 5) is 12.5. The fourth-order valence-corrected chi connectivity index (χ4v) is 5.36. The maximum absolute atomic E-state index is 12.9. The molecular weight excluding hydrogens is 396 g/mol. The van der Waals surface area contributed by atoms with E-state index in [1.165, 1.54) is 16.1 Å². The van der Waals surface area contributed by atoms with Gasteiger partial charge in [0.25, 0.3) is 0 Å². The van der Waals surface area contributed by atoms with Crippen LogP contribution in [0.25, 0.3) is 0 Å². The van der Waals surface area contributed by atoms with Crippen molar-refractivity contribution in [3.05, 3.63) is 59.7 Å². The molecule has 0 unspecified atom stereocenters. The fraction of sp³-hybridized carbons (Fsp3) is 0.350. The van der Waals surface area contributed by atoms with Crippen molar-refractivity contribution in [1.29, 1.82) is 0 Å².